The van der Waals surface area contributed by atoms with E-state index in [9.17, 15) is 0 Å². The topological polar surface area (TPSA) is 35.2 Å². The molecular formula is C15H25NO. The maximum atomic E-state index is 5.74. The normalized spacial score (nSPS) is 25.8. The third kappa shape index (κ3) is 4.39. The summed E-state index contributed by atoms with van der Waals surface area (Å²) in [4.78, 5) is 0. The average Bonchev–Trinajstić information content (AvgIpc) is 2.13. The molecule has 0 atom stereocenters. The van der Waals surface area contributed by atoms with Crippen LogP contribution in [0.15, 0.2) is 36.1 Å². The van der Waals surface area contributed by atoms with Crippen LogP contribution in [0.4, 0.5) is 0 Å². The summed E-state index contributed by atoms with van der Waals surface area (Å²) in [6.45, 7) is 12.5. The molecule has 1 saturated carbocycles. The predicted molar refractivity (Wildman–Crippen MR) is 73.6 cm³/mol. The van der Waals surface area contributed by atoms with Gasteiger partial charge in [-0.25, -0.2) is 0 Å². The van der Waals surface area contributed by atoms with Crippen LogP contribution in [0.2, 0.25) is 0 Å². The largest absolute Gasteiger partial charge is 0.491 e. The highest BCUT2D eigenvalue weighted by Crippen LogP contribution is 2.29. The van der Waals surface area contributed by atoms with Gasteiger partial charge < -0.3 is 10.5 Å². The standard InChI is InChI=1S/C15H25NO/c1-6-7-12(15(3,4)5)8-11(2)17-14-9-13(16)10-14/h6-8,13-14H,2,9-10,16H2,1,3-5H3/b7-6-,12-8+/t13-,14+. The molecule has 2 heteroatoms. The highest BCUT2D eigenvalue weighted by molar-refractivity contribution is 5.30. The lowest BCUT2D eigenvalue weighted by molar-refractivity contribution is 0.0451. The number of rotatable bonds is 4. The highest BCUT2D eigenvalue weighted by Gasteiger charge is 2.27. The van der Waals surface area contributed by atoms with Crippen LogP contribution in [0.5, 0.6) is 0 Å². The van der Waals surface area contributed by atoms with Gasteiger partial charge >= 0.3 is 0 Å². The van der Waals surface area contributed by atoms with Crippen LogP contribution in [0, 0.1) is 5.41 Å². The van der Waals surface area contributed by atoms with Gasteiger partial charge in [-0.05, 0) is 36.8 Å². The van der Waals surface area contributed by atoms with Gasteiger partial charge in [-0.1, -0.05) is 39.5 Å². The summed E-state index contributed by atoms with van der Waals surface area (Å²) in [5.74, 6) is 0.741. The molecule has 96 valence electrons. The number of hydrogen-bond acceptors (Lipinski definition) is 2. The van der Waals surface area contributed by atoms with Crippen LogP contribution < -0.4 is 5.73 Å². The Morgan fingerprint density at radius 3 is 2.35 bits per heavy atom. The predicted octanol–water partition coefficient (Wildman–Crippen LogP) is 3.56. The van der Waals surface area contributed by atoms with Crippen molar-refractivity contribution in [2.24, 2.45) is 11.1 Å². The second-order valence-electron chi connectivity index (χ2n) is 5.79. The molecule has 1 rings (SSSR count). The first kappa shape index (κ1) is 14.0. The Bertz CT molecular complexity index is 327. The fourth-order valence-corrected chi connectivity index (χ4v) is 1.82. The summed E-state index contributed by atoms with van der Waals surface area (Å²) in [7, 11) is 0. The van der Waals surface area contributed by atoms with E-state index in [0.29, 0.717) is 6.04 Å². The molecule has 1 aliphatic rings. The molecule has 0 unspecified atom stereocenters. The van der Waals surface area contributed by atoms with E-state index in [1.54, 1.807) is 0 Å². The summed E-state index contributed by atoms with van der Waals surface area (Å²) in [6.07, 6.45) is 8.34. The van der Waals surface area contributed by atoms with Crippen molar-refractivity contribution in [2.75, 3.05) is 0 Å². The van der Waals surface area contributed by atoms with Crippen molar-refractivity contribution >= 4 is 0 Å². The minimum atomic E-state index is 0.106. The summed E-state index contributed by atoms with van der Waals surface area (Å²) in [5, 5.41) is 0. The third-order valence-electron chi connectivity index (χ3n) is 2.98. The Morgan fingerprint density at radius 1 is 1.35 bits per heavy atom. The van der Waals surface area contributed by atoms with Crippen molar-refractivity contribution < 1.29 is 4.74 Å². The molecule has 0 aromatic heterocycles. The molecule has 0 heterocycles. The van der Waals surface area contributed by atoms with Gasteiger partial charge in [-0.3, -0.25) is 0 Å². The van der Waals surface area contributed by atoms with Crippen molar-refractivity contribution in [1.29, 1.82) is 0 Å². The van der Waals surface area contributed by atoms with Gasteiger partial charge in [0.25, 0.3) is 0 Å². The first-order chi connectivity index (χ1) is 7.82. The zero-order valence-electron chi connectivity index (χ0n) is 11.5. The van der Waals surface area contributed by atoms with Crippen LogP contribution >= 0.6 is 0 Å². The van der Waals surface area contributed by atoms with E-state index in [1.807, 2.05) is 19.1 Å². The van der Waals surface area contributed by atoms with Crippen LogP contribution in [-0.2, 0) is 4.74 Å². The van der Waals surface area contributed by atoms with E-state index in [4.69, 9.17) is 10.5 Å². The minimum absolute atomic E-state index is 0.106. The number of allylic oxidation sites excluding steroid dienone is 4. The Hall–Kier alpha value is -1.02. The number of nitrogens with two attached hydrogens (primary N) is 1. The SMILES string of the molecule is C=C(/C=C(\C=C/C)C(C)(C)C)O[C@H]1C[C@@H](N)C1. The maximum Gasteiger partial charge on any atom is 0.112 e. The minimum Gasteiger partial charge on any atom is -0.491 e. The molecule has 0 aliphatic heterocycles. The van der Waals surface area contributed by atoms with Crippen molar-refractivity contribution in [3.05, 3.63) is 36.1 Å². The molecule has 0 aromatic rings. The zero-order valence-corrected chi connectivity index (χ0v) is 11.5. The van der Waals surface area contributed by atoms with E-state index in [0.717, 1.165) is 18.6 Å². The van der Waals surface area contributed by atoms with Crippen LogP contribution in [-0.4, -0.2) is 12.1 Å². The van der Waals surface area contributed by atoms with Gasteiger partial charge in [-0.15, -0.1) is 0 Å². The van der Waals surface area contributed by atoms with E-state index < -0.39 is 0 Å². The van der Waals surface area contributed by atoms with Crippen LogP contribution in [0.3, 0.4) is 0 Å². The quantitative estimate of drug-likeness (QED) is 0.597. The lowest BCUT2D eigenvalue weighted by atomic mass is 9.85. The fourth-order valence-electron chi connectivity index (χ4n) is 1.82. The van der Waals surface area contributed by atoms with Gasteiger partial charge in [0.1, 0.15) is 11.9 Å². The van der Waals surface area contributed by atoms with E-state index in [-0.39, 0.29) is 11.5 Å². The van der Waals surface area contributed by atoms with Crippen molar-refractivity contribution in [1.82, 2.24) is 0 Å². The van der Waals surface area contributed by atoms with Gasteiger partial charge in [0, 0.05) is 6.04 Å². The Balaban J connectivity index is 2.61. The smallest absolute Gasteiger partial charge is 0.112 e. The van der Waals surface area contributed by atoms with Crippen molar-refractivity contribution in [2.45, 2.75) is 52.7 Å². The Labute approximate surface area is 105 Å². The zero-order chi connectivity index (χ0) is 13.1. The van der Waals surface area contributed by atoms with E-state index in [2.05, 4.69) is 33.4 Å². The molecule has 2 nitrogen and oxygen atoms in total. The Kier molecular flexibility index (Phi) is 4.58. The average molecular weight is 235 g/mol. The highest BCUT2D eigenvalue weighted by atomic mass is 16.5. The molecule has 1 fully saturated rings. The summed E-state index contributed by atoms with van der Waals surface area (Å²) >= 11 is 0. The van der Waals surface area contributed by atoms with E-state index in [1.165, 1.54) is 5.57 Å². The monoisotopic (exact) mass is 235 g/mol. The maximum absolute atomic E-state index is 5.74. The van der Waals surface area contributed by atoms with E-state index >= 15 is 0 Å². The second kappa shape index (κ2) is 5.54. The Morgan fingerprint density at radius 2 is 1.94 bits per heavy atom. The lowest BCUT2D eigenvalue weighted by Gasteiger charge is -2.33. The summed E-state index contributed by atoms with van der Waals surface area (Å²) in [6, 6.07) is 0.314. The van der Waals surface area contributed by atoms with Gasteiger partial charge in [0.05, 0.1) is 0 Å². The molecule has 0 amide bonds. The van der Waals surface area contributed by atoms with Gasteiger partial charge in [-0.2, -0.15) is 0 Å². The summed E-state index contributed by atoms with van der Waals surface area (Å²) in [5.41, 5.74) is 7.06. The number of hydrogen-bond donors (Lipinski definition) is 1. The molecule has 0 saturated heterocycles. The molecule has 0 radical (unpaired) electrons. The lowest BCUT2D eigenvalue weighted by Crippen LogP contribution is -2.41. The molecular weight excluding hydrogens is 210 g/mol. The third-order valence-corrected chi connectivity index (χ3v) is 2.98. The fraction of sp³-hybridized carbons (Fsp3) is 0.600. The first-order valence-corrected chi connectivity index (χ1v) is 6.29. The number of ether oxygens (including phenoxy) is 1. The first-order valence-electron chi connectivity index (χ1n) is 6.29. The van der Waals surface area contributed by atoms with Crippen molar-refractivity contribution in [3.63, 3.8) is 0 Å². The molecule has 0 bridgehead atoms. The molecule has 1 aliphatic carbocycles. The van der Waals surface area contributed by atoms with Crippen molar-refractivity contribution in [3.8, 4) is 0 Å². The molecule has 17 heavy (non-hydrogen) atoms. The van der Waals surface area contributed by atoms with Gasteiger partial charge in [0.2, 0.25) is 0 Å². The summed E-state index contributed by atoms with van der Waals surface area (Å²) < 4.78 is 5.74. The van der Waals surface area contributed by atoms with Gasteiger partial charge in [0.15, 0.2) is 0 Å². The van der Waals surface area contributed by atoms with Crippen LogP contribution in [0.25, 0.3) is 0 Å². The molecule has 2 N–H and O–H groups in total. The molecule has 0 spiro atoms. The second-order valence-corrected chi connectivity index (χ2v) is 5.79. The molecule has 0 aromatic carbocycles. The van der Waals surface area contributed by atoms with Crippen LogP contribution in [0.1, 0.15) is 40.5 Å².